The van der Waals surface area contributed by atoms with Crippen LogP contribution in [0.2, 0.25) is 0 Å². The maximum Gasteiger partial charge on any atom is 0.244 e. The van der Waals surface area contributed by atoms with Gasteiger partial charge in [-0.15, -0.1) is 5.10 Å². The summed E-state index contributed by atoms with van der Waals surface area (Å²) in [5, 5.41) is 7.28. The number of nitrogens with zero attached hydrogens (tertiary/aromatic N) is 3. The summed E-state index contributed by atoms with van der Waals surface area (Å²) in [5.41, 5.74) is 0. The van der Waals surface area contributed by atoms with Crippen molar-refractivity contribution in [2.24, 2.45) is 5.92 Å². The number of nitrogens with one attached hydrogen (secondary N) is 1. The molecule has 6 nitrogen and oxygen atoms in total. The number of rotatable bonds is 4. The predicted molar refractivity (Wildman–Crippen MR) is 72.1 cm³/mol. The first kappa shape index (κ1) is 13.0. The minimum Gasteiger partial charge on any atom is -0.378 e. The molecule has 7 heteroatoms. The number of morpholine rings is 1. The fourth-order valence-electron chi connectivity index (χ4n) is 2.53. The second-order valence-electron chi connectivity index (χ2n) is 5.15. The second-order valence-corrected chi connectivity index (χ2v) is 5.94. The van der Waals surface area contributed by atoms with Gasteiger partial charge in [0.25, 0.3) is 0 Å². The summed E-state index contributed by atoms with van der Waals surface area (Å²) in [6, 6.07) is -0.184. The zero-order chi connectivity index (χ0) is 13.1. The lowest BCUT2D eigenvalue weighted by Crippen LogP contribution is -2.53. The van der Waals surface area contributed by atoms with Crippen LogP contribution in [0.4, 0.5) is 5.00 Å². The average molecular weight is 282 g/mol. The molecule has 0 spiro atoms. The fourth-order valence-corrected chi connectivity index (χ4v) is 2.95. The van der Waals surface area contributed by atoms with Crippen LogP contribution in [-0.2, 0) is 9.53 Å². The van der Waals surface area contributed by atoms with Crippen LogP contribution in [0.25, 0.3) is 0 Å². The number of hydrogen-bond acceptors (Lipinski definition) is 6. The Morgan fingerprint density at radius 2 is 2.47 bits per heavy atom. The Balaban J connectivity index is 1.60. The average Bonchev–Trinajstić information content (AvgIpc) is 2.87. The first-order chi connectivity index (χ1) is 9.33. The predicted octanol–water partition coefficient (Wildman–Crippen LogP) is 0.977. The van der Waals surface area contributed by atoms with E-state index in [2.05, 4.69) is 19.8 Å². The van der Waals surface area contributed by atoms with Gasteiger partial charge in [0.2, 0.25) is 5.91 Å². The fraction of sp³-hybridized carbons (Fsp3) is 0.750. The van der Waals surface area contributed by atoms with Crippen LogP contribution in [0.15, 0.2) is 6.20 Å². The third-order valence-electron chi connectivity index (χ3n) is 3.87. The van der Waals surface area contributed by atoms with Gasteiger partial charge in [0, 0.05) is 24.6 Å². The number of amides is 1. The van der Waals surface area contributed by atoms with E-state index in [1.807, 2.05) is 0 Å². The largest absolute Gasteiger partial charge is 0.378 e. The topological polar surface area (TPSA) is 67.3 Å². The van der Waals surface area contributed by atoms with Gasteiger partial charge in [-0.05, 0) is 18.8 Å². The summed E-state index contributed by atoms with van der Waals surface area (Å²) in [6.07, 6.45) is 5.50. The van der Waals surface area contributed by atoms with Gasteiger partial charge in [-0.25, -0.2) is 0 Å². The number of anilines is 1. The lowest BCUT2D eigenvalue weighted by atomic mass is 9.84. The zero-order valence-corrected chi connectivity index (χ0v) is 11.6. The van der Waals surface area contributed by atoms with Crippen molar-refractivity contribution in [3.8, 4) is 0 Å². The highest BCUT2D eigenvalue weighted by Gasteiger charge is 2.32. The standard InChI is InChI=1S/C12H18N4O2S/c17-12(14-11-6-13-15-19-11)10-8-18-5-4-16(10)7-9-2-1-3-9/h6,9-10H,1-5,7-8H2,(H,14,17)/t10-/m0/s1. The van der Waals surface area contributed by atoms with Gasteiger partial charge in [-0.3, -0.25) is 9.69 Å². The van der Waals surface area contributed by atoms with Crippen LogP contribution in [0.3, 0.4) is 0 Å². The van der Waals surface area contributed by atoms with Gasteiger partial charge >= 0.3 is 0 Å². The number of carbonyl (C=O) groups is 1. The quantitative estimate of drug-likeness (QED) is 0.891. The lowest BCUT2D eigenvalue weighted by molar-refractivity contribution is -0.128. The van der Waals surface area contributed by atoms with Crippen molar-refractivity contribution >= 4 is 22.4 Å². The Hall–Kier alpha value is -1.05. The van der Waals surface area contributed by atoms with Gasteiger partial charge < -0.3 is 10.1 Å². The number of ether oxygens (including phenoxy) is 1. The molecule has 0 bridgehead atoms. The smallest absolute Gasteiger partial charge is 0.244 e. The van der Waals surface area contributed by atoms with Crippen molar-refractivity contribution in [2.75, 3.05) is 31.6 Å². The maximum absolute atomic E-state index is 12.3. The molecule has 3 rings (SSSR count). The van der Waals surface area contributed by atoms with E-state index in [1.165, 1.54) is 30.8 Å². The lowest BCUT2D eigenvalue weighted by Gasteiger charge is -2.38. The van der Waals surface area contributed by atoms with Gasteiger partial charge in [0.1, 0.15) is 11.0 Å². The van der Waals surface area contributed by atoms with E-state index in [4.69, 9.17) is 4.74 Å². The van der Waals surface area contributed by atoms with Crippen molar-refractivity contribution in [3.05, 3.63) is 6.20 Å². The monoisotopic (exact) mass is 282 g/mol. The Morgan fingerprint density at radius 1 is 1.58 bits per heavy atom. The zero-order valence-electron chi connectivity index (χ0n) is 10.7. The summed E-state index contributed by atoms with van der Waals surface area (Å²) >= 11 is 1.19. The number of carbonyl (C=O) groups excluding carboxylic acids is 1. The highest BCUT2D eigenvalue weighted by Crippen LogP contribution is 2.28. The Morgan fingerprint density at radius 3 is 3.16 bits per heavy atom. The first-order valence-corrected chi connectivity index (χ1v) is 7.50. The van der Waals surface area contributed by atoms with E-state index in [-0.39, 0.29) is 11.9 Å². The molecule has 1 amide bonds. The summed E-state index contributed by atoms with van der Waals surface area (Å²) in [4.78, 5) is 14.5. The molecule has 1 aromatic heterocycles. The minimum absolute atomic E-state index is 0.00919. The third-order valence-corrected chi connectivity index (χ3v) is 4.45. The Labute approximate surface area is 116 Å². The van der Waals surface area contributed by atoms with Crippen LogP contribution < -0.4 is 5.32 Å². The summed E-state index contributed by atoms with van der Waals surface area (Å²) < 4.78 is 9.20. The normalized spacial score (nSPS) is 24.9. The molecule has 1 N–H and O–H groups in total. The molecule has 1 aliphatic heterocycles. The molecule has 2 aliphatic rings. The summed E-state index contributed by atoms with van der Waals surface area (Å²) in [5.74, 6) is 0.753. The van der Waals surface area contributed by atoms with Crippen molar-refractivity contribution < 1.29 is 9.53 Å². The summed E-state index contributed by atoms with van der Waals surface area (Å²) in [6.45, 7) is 3.06. The molecule has 104 valence electrons. The van der Waals surface area contributed by atoms with Gasteiger partial charge in [-0.2, -0.15) is 0 Å². The van der Waals surface area contributed by atoms with E-state index in [1.54, 1.807) is 6.20 Å². The highest BCUT2D eigenvalue weighted by atomic mass is 32.1. The molecule has 2 fully saturated rings. The molecule has 1 aliphatic carbocycles. The van der Waals surface area contributed by atoms with E-state index in [9.17, 15) is 4.79 Å². The Bertz CT molecular complexity index is 421. The third kappa shape index (κ3) is 3.10. The SMILES string of the molecule is O=C(Nc1cnns1)[C@@H]1COCCN1CC1CCC1. The molecule has 1 saturated heterocycles. The molecular formula is C12H18N4O2S. The van der Waals surface area contributed by atoms with Crippen LogP contribution in [-0.4, -0.2) is 52.7 Å². The van der Waals surface area contributed by atoms with Crippen molar-refractivity contribution in [3.63, 3.8) is 0 Å². The second kappa shape index (κ2) is 5.94. The van der Waals surface area contributed by atoms with E-state index >= 15 is 0 Å². The maximum atomic E-state index is 12.3. The van der Waals surface area contributed by atoms with Crippen molar-refractivity contribution in [1.82, 2.24) is 14.5 Å². The molecule has 1 aromatic rings. The van der Waals surface area contributed by atoms with Gasteiger partial charge in [0.15, 0.2) is 0 Å². The first-order valence-electron chi connectivity index (χ1n) is 6.73. The van der Waals surface area contributed by atoms with Gasteiger partial charge in [0.05, 0.1) is 19.4 Å². The van der Waals surface area contributed by atoms with Crippen LogP contribution in [0, 0.1) is 5.92 Å². The molecule has 0 unspecified atom stereocenters. The van der Waals surface area contributed by atoms with E-state index in [0.29, 0.717) is 11.6 Å². The van der Waals surface area contributed by atoms with Crippen LogP contribution >= 0.6 is 11.5 Å². The van der Waals surface area contributed by atoms with Crippen LogP contribution in [0.5, 0.6) is 0 Å². The molecule has 19 heavy (non-hydrogen) atoms. The molecule has 1 saturated carbocycles. The van der Waals surface area contributed by atoms with E-state index < -0.39 is 0 Å². The van der Waals surface area contributed by atoms with Crippen molar-refractivity contribution in [1.29, 1.82) is 0 Å². The number of hydrogen-bond donors (Lipinski definition) is 1. The minimum atomic E-state index is -0.184. The van der Waals surface area contributed by atoms with E-state index in [0.717, 1.165) is 25.6 Å². The Kier molecular flexibility index (Phi) is 4.05. The molecule has 0 radical (unpaired) electrons. The summed E-state index contributed by atoms with van der Waals surface area (Å²) in [7, 11) is 0. The molecule has 0 aromatic carbocycles. The molecular weight excluding hydrogens is 264 g/mol. The molecule has 2 heterocycles. The van der Waals surface area contributed by atoms with Crippen LogP contribution in [0.1, 0.15) is 19.3 Å². The van der Waals surface area contributed by atoms with Gasteiger partial charge in [-0.1, -0.05) is 10.9 Å². The molecule has 1 atom stereocenters. The number of aromatic nitrogens is 2. The van der Waals surface area contributed by atoms with Crippen molar-refractivity contribution in [2.45, 2.75) is 25.3 Å². The highest BCUT2D eigenvalue weighted by molar-refractivity contribution is 7.10.